The third-order valence-corrected chi connectivity index (χ3v) is 3.71. The first-order valence-corrected chi connectivity index (χ1v) is 6.62. The molecule has 0 saturated carbocycles. The number of ether oxygens (including phenoxy) is 1. The first-order valence-electron chi connectivity index (χ1n) is 5.80. The van der Waals surface area contributed by atoms with Crippen LogP contribution in [0.15, 0.2) is 24.3 Å². The molecule has 1 aliphatic rings. The molecular weight excluding hydrogens is 264 g/mol. The number of carbonyl (C=O) groups is 1. The van der Waals surface area contributed by atoms with Gasteiger partial charge in [-0.05, 0) is 12.1 Å². The fourth-order valence-corrected chi connectivity index (χ4v) is 2.56. The van der Waals surface area contributed by atoms with E-state index in [0.717, 1.165) is 21.6 Å². The van der Waals surface area contributed by atoms with Crippen LogP contribution in [0.5, 0.6) is 5.75 Å². The molecule has 0 atom stereocenters. The lowest BCUT2D eigenvalue weighted by atomic mass is 10.2. The Bertz CT molecular complexity index is 613. The van der Waals surface area contributed by atoms with E-state index in [2.05, 4.69) is 15.5 Å². The number of rotatable bonds is 3. The zero-order valence-corrected chi connectivity index (χ0v) is 11.1. The molecule has 1 amide bonds. The van der Waals surface area contributed by atoms with Gasteiger partial charge in [0.25, 0.3) is 5.91 Å². The molecule has 6 nitrogen and oxygen atoms in total. The Morgan fingerprint density at radius 2 is 2.26 bits per heavy atom. The summed E-state index contributed by atoms with van der Waals surface area (Å²) in [6.07, 6.45) is 0. The molecule has 1 aromatic heterocycles. The van der Waals surface area contributed by atoms with Gasteiger partial charge in [-0.25, -0.2) is 0 Å². The highest BCUT2D eigenvalue weighted by Gasteiger charge is 2.26. The molecule has 2 aromatic rings. The lowest BCUT2D eigenvalue weighted by molar-refractivity contribution is -0.121. The van der Waals surface area contributed by atoms with Crippen LogP contribution >= 0.6 is 11.3 Å². The molecule has 98 valence electrons. The Kier molecular flexibility index (Phi) is 3.04. The number of fused-ring (bicyclic) bond motifs is 1. The fourth-order valence-electron chi connectivity index (χ4n) is 1.88. The predicted molar refractivity (Wildman–Crippen MR) is 72.6 cm³/mol. The number of para-hydroxylation sites is 2. The number of anilines is 2. The van der Waals surface area contributed by atoms with Gasteiger partial charge in [-0.1, -0.05) is 23.5 Å². The number of hydrogen-bond donors (Lipinski definition) is 1. The van der Waals surface area contributed by atoms with Crippen molar-refractivity contribution in [2.24, 2.45) is 0 Å². The largest absolute Gasteiger partial charge is 0.482 e. The van der Waals surface area contributed by atoms with Crippen LogP contribution in [0.1, 0.15) is 5.01 Å². The Morgan fingerprint density at radius 3 is 3.05 bits per heavy atom. The van der Waals surface area contributed by atoms with Crippen molar-refractivity contribution in [2.75, 3.05) is 23.9 Å². The van der Waals surface area contributed by atoms with Crippen LogP contribution in [0.4, 0.5) is 10.8 Å². The van der Waals surface area contributed by atoms with E-state index < -0.39 is 0 Å². The van der Waals surface area contributed by atoms with Gasteiger partial charge in [0.2, 0.25) is 5.13 Å². The Balaban J connectivity index is 1.89. The average molecular weight is 276 g/mol. The average Bonchev–Trinajstić information content (AvgIpc) is 2.90. The standard InChI is InChI=1S/C12H12N4O2S/c1-13-12-15-14-10(19-12)6-16-8-4-2-3-5-9(8)18-7-11(16)17/h2-5H,6-7H2,1H3,(H,13,15). The molecule has 0 fully saturated rings. The molecule has 1 aromatic carbocycles. The Labute approximate surface area is 114 Å². The second kappa shape index (κ2) is 4.85. The van der Waals surface area contributed by atoms with E-state index in [1.807, 2.05) is 24.3 Å². The number of benzene rings is 1. The van der Waals surface area contributed by atoms with E-state index in [-0.39, 0.29) is 12.5 Å². The van der Waals surface area contributed by atoms with Gasteiger partial charge in [-0.3, -0.25) is 9.69 Å². The van der Waals surface area contributed by atoms with E-state index >= 15 is 0 Å². The van der Waals surface area contributed by atoms with Gasteiger partial charge in [0.15, 0.2) is 6.61 Å². The summed E-state index contributed by atoms with van der Waals surface area (Å²) >= 11 is 1.44. The van der Waals surface area contributed by atoms with Gasteiger partial charge in [-0.2, -0.15) is 0 Å². The van der Waals surface area contributed by atoms with E-state index in [9.17, 15) is 4.79 Å². The first kappa shape index (κ1) is 11.9. The summed E-state index contributed by atoms with van der Waals surface area (Å²) in [5.41, 5.74) is 0.778. The van der Waals surface area contributed by atoms with Crippen molar-refractivity contribution in [3.05, 3.63) is 29.3 Å². The molecule has 2 heterocycles. The second-order valence-electron chi connectivity index (χ2n) is 3.99. The number of hydrogen-bond acceptors (Lipinski definition) is 6. The van der Waals surface area contributed by atoms with Crippen LogP contribution in [-0.4, -0.2) is 29.8 Å². The maximum Gasteiger partial charge on any atom is 0.265 e. The molecule has 0 saturated heterocycles. The highest BCUT2D eigenvalue weighted by Crippen LogP contribution is 2.33. The van der Waals surface area contributed by atoms with Gasteiger partial charge in [0, 0.05) is 7.05 Å². The molecule has 0 radical (unpaired) electrons. The van der Waals surface area contributed by atoms with Crippen molar-refractivity contribution < 1.29 is 9.53 Å². The van der Waals surface area contributed by atoms with Crippen LogP contribution in [0, 0.1) is 0 Å². The summed E-state index contributed by atoms with van der Waals surface area (Å²) in [5.74, 6) is 0.653. The molecular formula is C12H12N4O2S. The van der Waals surface area contributed by atoms with Gasteiger partial charge in [0.1, 0.15) is 10.8 Å². The molecule has 19 heavy (non-hydrogen) atoms. The molecule has 0 bridgehead atoms. The van der Waals surface area contributed by atoms with Crippen LogP contribution in [0.2, 0.25) is 0 Å². The molecule has 1 aliphatic heterocycles. The van der Waals surface area contributed by atoms with Gasteiger partial charge >= 0.3 is 0 Å². The third-order valence-electron chi connectivity index (χ3n) is 2.78. The van der Waals surface area contributed by atoms with Gasteiger partial charge < -0.3 is 10.1 Å². The van der Waals surface area contributed by atoms with E-state index in [1.54, 1.807) is 11.9 Å². The number of amides is 1. The van der Waals surface area contributed by atoms with Crippen molar-refractivity contribution >= 4 is 28.1 Å². The summed E-state index contributed by atoms with van der Waals surface area (Å²) in [6.45, 7) is 0.479. The topological polar surface area (TPSA) is 67.4 Å². The minimum Gasteiger partial charge on any atom is -0.482 e. The van der Waals surface area contributed by atoms with Crippen molar-refractivity contribution in [3.8, 4) is 5.75 Å². The van der Waals surface area contributed by atoms with Crippen molar-refractivity contribution in [2.45, 2.75) is 6.54 Å². The zero-order chi connectivity index (χ0) is 13.2. The number of nitrogens with zero attached hydrogens (tertiary/aromatic N) is 3. The Morgan fingerprint density at radius 1 is 1.42 bits per heavy atom. The maximum absolute atomic E-state index is 12.0. The van der Waals surface area contributed by atoms with E-state index in [1.165, 1.54) is 11.3 Å². The Hall–Kier alpha value is -2.15. The minimum atomic E-state index is -0.0695. The lowest BCUT2D eigenvalue weighted by Gasteiger charge is -2.28. The third kappa shape index (κ3) is 2.24. The van der Waals surface area contributed by atoms with Crippen molar-refractivity contribution in [1.29, 1.82) is 0 Å². The quantitative estimate of drug-likeness (QED) is 0.920. The number of nitrogens with one attached hydrogen (secondary N) is 1. The van der Waals surface area contributed by atoms with E-state index in [0.29, 0.717) is 6.54 Å². The second-order valence-corrected chi connectivity index (χ2v) is 5.05. The number of aromatic nitrogens is 2. The summed E-state index contributed by atoms with van der Waals surface area (Å²) in [4.78, 5) is 13.7. The molecule has 3 rings (SSSR count). The summed E-state index contributed by atoms with van der Waals surface area (Å²) in [7, 11) is 1.79. The summed E-state index contributed by atoms with van der Waals surface area (Å²) < 4.78 is 5.39. The lowest BCUT2D eigenvalue weighted by Crippen LogP contribution is -2.38. The smallest absolute Gasteiger partial charge is 0.265 e. The monoisotopic (exact) mass is 276 g/mol. The van der Waals surface area contributed by atoms with E-state index in [4.69, 9.17) is 4.74 Å². The van der Waals surface area contributed by atoms with Crippen LogP contribution in [-0.2, 0) is 11.3 Å². The number of carbonyl (C=O) groups excluding carboxylic acids is 1. The van der Waals surface area contributed by atoms with Crippen molar-refractivity contribution in [3.63, 3.8) is 0 Å². The highest BCUT2D eigenvalue weighted by atomic mass is 32.1. The SMILES string of the molecule is CNc1nnc(CN2C(=O)COc3ccccc32)s1. The van der Waals surface area contributed by atoms with Gasteiger partial charge in [0.05, 0.1) is 12.2 Å². The normalized spacial score (nSPS) is 13.9. The van der Waals surface area contributed by atoms with Crippen LogP contribution in [0.25, 0.3) is 0 Å². The van der Waals surface area contributed by atoms with Crippen LogP contribution in [0.3, 0.4) is 0 Å². The van der Waals surface area contributed by atoms with Gasteiger partial charge in [-0.15, -0.1) is 10.2 Å². The molecule has 1 N–H and O–H groups in total. The molecule has 0 spiro atoms. The molecule has 0 unspecified atom stereocenters. The van der Waals surface area contributed by atoms with Crippen LogP contribution < -0.4 is 15.0 Å². The minimum absolute atomic E-state index is 0.0642. The highest BCUT2D eigenvalue weighted by molar-refractivity contribution is 7.15. The summed E-state index contributed by atoms with van der Waals surface area (Å²) in [5, 5.41) is 12.5. The molecule has 7 heteroatoms. The first-order chi connectivity index (χ1) is 9.28. The predicted octanol–water partition coefficient (Wildman–Crippen LogP) is 1.51. The van der Waals surface area contributed by atoms with Crippen molar-refractivity contribution in [1.82, 2.24) is 10.2 Å². The molecule has 0 aliphatic carbocycles. The zero-order valence-electron chi connectivity index (χ0n) is 10.3. The maximum atomic E-state index is 12.0. The fraction of sp³-hybridized carbons (Fsp3) is 0.250. The summed E-state index contributed by atoms with van der Waals surface area (Å²) in [6, 6.07) is 7.49.